The van der Waals surface area contributed by atoms with Crippen LogP contribution in [0.25, 0.3) is 0 Å². The summed E-state index contributed by atoms with van der Waals surface area (Å²) in [7, 11) is 2.15. The van der Waals surface area contributed by atoms with Crippen molar-refractivity contribution in [1.82, 2.24) is 4.90 Å². The lowest BCUT2D eigenvalue weighted by Crippen LogP contribution is -2.38. The van der Waals surface area contributed by atoms with E-state index in [0.29, 0.717) is 6.04 Å². The average molecular weight is 283 g/mol. The van der Waals surface area contributed by atoms with Gasteiger partial charge in [-0.2, -0.15) is 0 Å². The molecule has 2 unspecified atom stereocenters. The van der Waals surface area contributed by atoms with Gasteiger partial charge >= 0.3 is 0 Å². The highest BCUT2D eigenvalue weighted by atomic mass is 35.5. The van der Waals surface area contributed by atoms with Gasteiger partial charge in [0.25, 0.3) is 0 Å². The van der Waals surface area contributed by atoms with Crippen molar-refractivity contribution in [2.75, 3.05) is 13.6 Å². The van der Waals surface area contributed by atoms with Crippen molar-refractivity contribution >= 4 is 11.6 Å². The fraction of sp³-hybridized carbons (Fsp3) is 0.625. The van der Waals surface area contributed by atoms with Crippen molar-refractivity contribution < 1.29 is 0 Å². The maximum Gasteiger partial charge on any atom is 0.0406 e. The Bertz CT molecular complexity index is 381. The second-order valence-electron chi connectivity index (χ2n) is 6.47. The summed E-state index contributed by atoms with van der Waals surface area (Å²) in [5, 5.41) is 0.786. The minimum absolute atomic E-state index is 0.171. The van der Waals surface area contributed by atoms with Gasteiger partial charge in [0.1, 0.15) is 0 Å². The summed E-state index contributed by atoms with van der Waals surface area (Å²) in [5.74, 6) is 0. The van der Waals surface area contributed by atoms with Gasteiger partial charge in [0.15, 0.2) is 0 Å². The average Bonchev–Trinajstić information content (AvgIpc) is 2.34. The summed E-state index contributed by atoms with van der Waals surface area (Å²) in [4.78, 5) is 2.34. The van der Waals surface area contributed by atoms with Gasteiger partial charge in [-0.25, -0.2) is 0 Å². The fourth-order valence-corrected chi connectivity index (χ4v) is 2.09. The van der Waals surface area contributed by atoms with Gasteiger partial charge in [-0.15, -0.1) is 0 Å². The van der Waals surface area contributed by atoms with E-state index >= 15 is 0 Å². The minimum Gasteiger partial charge on any atom is -0.327 e. The van der Waals surface area contributed by atoms with E-state index in [1.165, 1.54) is 5.56 Å². The van der Waals surface area contributed by atoms with E-state index in [-0.39, 0.29) is 11.5 Å². The van der Waals surface area contributed by atoms with Crippen LogP contribution in [0.15, 0.2) is 24.3 Å². The van der Waals surface area contributed by atoms with Crippen molar-refractivity contribution in [3.05, 3.63) is 34.9 Å². The lowest BCUT2D eigenvalue weighted by molar-refractivity contribution is 0.220. The number of halogens is 1. The van der Waals surface area contributed by atoms with Gasteiger partial charge < -0.3 is 5.73 Å². The predicted octanol–water partition coefficient (Wildman–Crippen LogP) is 4.10. The molecule has 1 aromatic carbocycles. The Morgan fingerprint density at radius 3 is 2.21 bits per heavy atom. The van der Waals surface area contributed by atoms with Gasteiger partial charge in [0.05, 0.1) is 0 Å². The Hall–Kier alpha value is -0.570. The van der Waals surface area contributed by atoms with E-state index in [1.54, 1.807) is 0 Å². The smallest absolute Gasteiger partial charge is 0.0406 e. The van der Waals surface area contributed by atoms with Gasteiger partial charge in [-0.3, -0.25) is 4.90 Å². The molecule has 0 spiro atoms. The molecule has 2 N–H and O–H groups in total. The first-order chi connectivity index (χ1) is 8.71. The molecule has 0 radical (unpaired) electrons. The van der Waals surface area contributed by atoms with Crippen molar-refractivity contribution in [2.45, 2.75) is 46.2 Å². The van der Waals surface area contributed by atoms with E-state index in [4.69, 9.17) is 17.3 Å². The Morgan fingerprint density at radius 2 is 1.74 bits per heavy atom. The predicted molar refractivity (Wildman–Crippen MR) is 84.5 cm³/mol. The highest BCUT2D eigenvalue weighted by molar-refractivity contribution is 6.30. The zero-order chi connectivity index (χ0) is 14.6. The molecule has 0 saturated carbocycles. The van der Waals surface area contributed by atoms with Gasteiger partial charge in [-0.1, -0.05) is 44.5 Å². The maximum atomic E-state index is 6.21. The lowest BCUT2D eigenvalue weighted by atomic mass is 9.85. The highest BCUT2D eigenvalue weighted by Gasteiger charge is 2.21. The lowest BCUT2D eigenvalue weighted by Gasteiger charge is -2.31. The van der Waals surface area contributed by atoms with Crippen LogP contribution in [0.2, 0.25) is 5.02 Å². The van der Waals surface area contributed by atoms with Crippen LogP contribution in [0.3, 0.4) is 0 Å². The Morgan fingerprint density at radius 1 is 1.21 bits per heavy atom. The van der Waals surface area contributed by atoms with Gasteiger partial charge in [0.2, 0.25) is 0 Å². The zero-order valence-corrected chi connectivity index (χ0v) is 13.5. The number of rotatable bonds is 5. The summed E-state index contributed by atoms with van der Waals surface area (Å²) < 4.78 is 0. The van der Waals surface area contributed by atoms with Gasteiger partial charge in [0, 0.05) is 17.1 Å². The van der Waals surface area contributed by atoms with Crippen molar-refractivity contribution in [1.29, 1.82) is 0 Å². The second kappa shape index (κ2) is 6.74. The monoisotopic (exact) mass is 282 g/mol. The molecule has 108 valence electrons. The van der Waals surface area contributed by atoms with Crippen LogP contribution in [0.5, 0.6) is 0 Å². The van der Waals surface area contributed by atoms with Crippen LogP contribution < -0.4 is 5.73 Å². The third kappa shape index (κ3) is 5.13. The minimum atomic E-state index is 0.171. The molecule has 0 bridgehead atoms. The third-order valence-electron chi connectivity index (χ3n) is 3.92. The molecule has 1 aromatic rings. The summed E-state index contributed by atoms with van der Waals surface area (Å²) >= 11 is 5.92. The van der Waals surface area contributed by atoms with Crippen LogP contribution >= 0.6 is 11.6 Å². The number of benzene rings is 1. The number of nitrogens with two attached hydrogens (primary N) is 1. The molecule has 0 fully saturated rings. The van der Waals surface area contributed by atoms with Crippen molar-refractivity contribution in [3.63, 3.8) is 0 Å². The van der Waals surface area contributed by atoms with E-state index < -0.39 is 0 Å². The van der Waals surface area contributed by atoms with Crippen molar-refractivity contribution in [2.24, 2.45) is 11.1 Å². The first kappa shape index (κ1) is 16.5. The maximum absolute atomic E-state index is 6.21. The zero-order valence-electron chi connectivity index (χ0n) is 12.8. The van der Waals surface area contributed by atoms with Gasteiger partial charge in [-0.05, 0) is 50.0 Å². The largest absolute Gasteiger partial charge is 0.327 e. The summed E-state index contributed by atoms with van der Waals surface area (Å²) in [6.07, 6.45) is 1.01. The van der Waals surface area contributed by atoms with Crippen molar-refractivity contribution in [3.8, 4) is 0 Å². The van der Waals surface area contributed by atoms with Crippen LogP contribution in [0.1, 0.15) is 45.7 Å². The summed E-state index contributed by atoms with van der Waals surface area (Å²) in [6.45, 7) is 9.80. The standard InChI is InChI=1S/C16H27ClN2/c1-12(13-6-8-14(17)9-7-13)19(5)11-10-15(18)16(2,3)4/h6-9,12,15H,10-11,18H2,1-5H3. The normalized spacial score (nSPS) is 15.6. The van der Waals surface area contributed by atoms with E-state index in [2.05, 4.69) is 51.8 Å². The summed E-state index contributed by atoms with van der Waals surface area (Å²) in [5.41, 5.74) is 7.67. The topological polar surface area (TPSA) is 29.3 Å². The van der Waals surface area contributed by atoms with E-state index in [1.807, 2.05) is 12.1 Å². The Kier molecular flexibility index (Phi) is 5.84. The van der Waals surface area contributed by atoms with E-state index in [9.17, 15) is 0 Å². The number of hydrogen-bond donors (Lipinski definition) is 1. The third-order valence-corrected chi connectivity index (χ3v) is 4.17. The molecule has 1 rings (SSSR count). The molecule has 0 aliphatic carbocycles. The molecule has 3 heteroatoms. The highest BCUT2D eigenvalue weighted by Crippen LogP contribution is 2.23. The second-order valence-corrected chi connectivity index (χ2v) is 6.91. The van der Waals surface area contributed by atoms with Crippen LogP contribution in [0, 0.1) is 5.41 Å². The SMILES string of the molecule is CC(c1ccc(Cl)cc1)N(C)CCC(N)C(C)(C)C. The molecule has 0 saturated heterocycles. The number of hydrogen-bond acceptors (Lipinski definition) is 2. The molecule has 2 atom stereocenters. The molecule has 0 aromatic heterocycles. The van der Waals surface area contributed by atoms with E-state index in [0.717, 1.165) is 18.0 Å². The summed E-state index contributed by atoms with van der Waals surface area (Å²) in [6, 6.07) is 8.68. The molecule has 0 aliphatic heterocycles. The van der Waals surface area contributed by atoms with Crippen LogP contribution in [-0.4, -0.2) is 24.5 Å². The first-order valence-electron chi connectivity index (χ1n) is 6.93. The molecule has 0 amide bonds. The fourth-order valence-electron chi connectivity index (χ4n) is 1.97. The number of nitrogens with zero attached hydrogens (tertiary/aromatic N) is 1. The Labute approximate surface area is 122 Å². The molecule has 2 nitrogen and oxygen atoms in total. The quantitative estimate of drug-likeness (QED) is 0.881. The molecular weight excluding hydrogens is 256 g/mol. The first-order valence-corrected chi connectivity index (χ1v) is 7.31. The molecule has 19 heavy (non-hydrogen) atoms. The van der Waals surface area contributed by atoms with Crippen LogP contribution in [0.4, 0.5) is 0 Å². The molecular formula is C16H27ClN2. The molecule has 0 heterocycles. The molecule has 0 aliphatic rings. The van der Waals surface area contributed by atoms with Crippen LogP contribution in [-0.2, 0) is 0 Å². The Balaban J connectivity index is 2.53.